The molecule has 5 nitrogen and oxygen atoms in total. The van der Waals surface area contributed by atoms with E-state index in [1.807, 2.05) is 11.8 Å². The lowest BCUT2D eigenvalue weighted by atomic mass is 9.80. The number of nitrogens with zero attached hydrogens (tertiary/aromatic N) is 2. The van der Waals surface area contributed by atoms with Gasteiger partial charge in [0.25, 0.3) is 5.91 Å². The quantitative estimate of drug-likeness (QED) is 0.818. The van der Waals surface area contributed by atoms with Crippen molar-refractivity contribution in [3.05, 3.63) is 23.9 Å². The number of carbonyl (C=O) groups is 1. The third kappa shape index (κ3) is 4.72. The number of pyridine rings is 1. The number of hydrogen-bond donors (Lipinski definition) is 0. The number of piperidine rings is 1. The van der Waals surface area contributed by atoms with Crippen LogP contribution in [0, 0.1) is 11.8 Å². The van der Waals surface area contributed by atoms with Gasteiger partial charge < -0.3 is 14.4 Å². The summed E-state index contributed by atoms with van der Waals surface area (Å²) in [5, 5.41) is 0. The molecule has 2 aliphatic rings. The maximum absolute atomic E-state index is 12.8. The lowest BCUT2D eigenvalue weighted by molar-refractivity contribution is 0.0288. The molecule has 2 aliphatic heterocycles. The highest BCUT2D eigenvalue weighted by Crippen LogP contribution is 2.32. The summed E-state index contributed by atoms with van der Waals surface area (Å²) < 4.78 is 11.2. The summed E-state index contributed by atoms with van der Waals surface area (Å²) in [6.07, 6.45) is 7.26. The Morgan fingerprint density at radius 1 is 1.28 bits per heavy atom. The van der Waals surface area contributed by atoms with E-state index < -0.39 is 0 Å². The van der Waals surface area contributed by atoms with E-state index in [-0.39, 0.29) is 12.0 Å². The Bertz CT molecular complexity index is 564. The average Bonchev–Trinajstić information content (AvgIpc) is 2.68. The van der Waals surface area contributed by atoms with E-state index >= 15 is 0 Å². The minimum Gasteiger partial charge on any atom is -0.475 e. The van der Waals surface area contributed by atoms with Crippen molar-refractivity contribution in [2.24, 2.45) is 11.8 Å². The molecular formula is C20H30N2O3. The predicted molar refractivity (Wildman–Crippen MR) is 96.8 cm³/mol. The van der Waals surface area contributed by atoms with Gasteiger partial charge in [0.05, 0.1) is 6.10 Å². The summed E-state index contributed by atoms with van der Waals surface area (Å²) in [6, 6.07) is 3.56. The van der Waals surface area contributed by atoms with Crippen LogP contribution in [-0.4, -0.2) is 48.2 Å². The van der Waals surface area contributed by atoms with Crippen LogP contribution in [0.4, 0.5) is 0 Å². The van der Waals surface area contributed by atoms with Gasteiger partial charge in [0.15, 0.2) is 0 Å². The molecule has 25 heavy (non-hydrogen) atoms. The summed E-state index contributed by atoms with van der Waals surface area (Å²) in [7, 11) is 0. The molecule has 1 atom stereocenters. The number of hydrogen-bond acceptors (Lipinski definition) is 4. The molecule has 3 heterocycles. The van der Waals surface area contributed by atoms with E-state index in [0.29, 0.717) is 11.4 Å². The van der Waals surface area contributed by atoms with E-state index in [1.54, 1.807) is 18.3 Å². The predicted octanol–water partition coefficient (Wildman–Crippen LogP) is 3.54. The fraction of sp³-hybridized carbons (Fsp3) is 0.700. The highest BCUT2D eigenvalue weighted by molar-refractivity contribution is 5.94. The Kier molecular flexibility index (Phi) is 6.29. The Morgan fingerprint density at radius 3 is 2.64 bits per heavy atom. The van der Waals surface area contributed by atoms with Gasteiger partial charge in [-0.25, -0.2) is 4.98 Å². The molecule has 0 radical (unpaired) electrons. The van der Waals surface area contributed by atoms with Gasteiger partial charge in [-0.3, -0.25) is 4.79 Å². The second-order valence-electron chi connectivity index (χ2n) is 7.30. The first kappa shape index (κ1) is 18.2. The lowest BCUT2D eigenvalue weighted by Gasteiger charge is -2.37. The minimum absolute atomic E-state index is 0.0989. The van der Waals surface area contributed by atoms with E-state index in [0.717, 1.165) is 57.4 Å². The van der Waals surface area contributed by atoms with Gasteiger partial charge >= 0.3 is 0 Å². The van der Waals surface area contributed by atoms with Crippen LogP contribution in [0.3, 0.4) is 0 Å². The molecule has 0 aliphatic carbocycles. The van der Waals surface area contributed by atoms with Gasteiger partial charge in [-0.05, 0) is 56.9 Å². The smallest absolute Gasteiger partial charge is 0.254 e. The minimum atomic E-state index is 0.0989. The fourth-order valence-corrected chi connectivity index (χ4v) is 3.84. The molecule has 3 rings (SSSR count). The van der Waals surface area contributed by atoms with Gasteiger partial charge in [-0.15, -0.1) is 0 Å². The zero-order valence-corrected chi connectivity index (χ0v) is 15.4. The molecule has 2 saturated heterocycles. The van der Waals surface area contributed by atoms with Gasteiger partial charge in [-0.1, -0.05) is 6.92 Å². The van der Waals surface area contributed by atoms with Crippen LogP contribution in [0.25, 0.3) is 0 Å². The van der Waals surface area contributed by atoms with Crippen molar-refractivity contribution in [1.29, 1.82) is 0 Å². The van der Waals surface area contributed by atoms with Crippen molar-refractivity contribution in [2.75, 3.05) is 26.3 Å². The van der Waals surface area contributed by atoms with E-state index in [9.17, 15) is 4.79 Å². The first-order valence-electron chi connectivity index (χ1n) is 9.67. The molecule has 1 amide bonds. The van der Waals surface area contributed by atoms with Crippen LogP contribution in [0.1, 0.15) is 56.3 Å². The number of rotatable bonds is 5. The third-order valence-electron chi connectivity index (χ3n) is 5.64. The largest absolute Gasteiger partial charge is 0.475 e. The van der Waals surface area contributed by atoms with Crippen molar-refractivity contribution < 1.29 is 14.3 Å². The number of amides is 1. The van der Waals surface area contributed by atoms with Crippen LogP contribution in [-0.2, 0) is 4.74 Å². The molecule has 0 unspecified atom stereocenters. The lowest BCUT2D eigenvalue weighted by Crippen LogP contribution is -2.41. The Morgan fingerprint density at radius 2 is 1.96 bits per heavy atom. The average molecular weight is 346 g/mol. The van der Waals surface area contributed by atoms with Crippen molar-refractivity contribution in [3.8, 4) is 5.88 Å². The monoisotopic (exact) mass is 346 g/mol. The van der Waals surface area contributed by atoms with E-state index in [4.69, 9.17) is 9.47 Å². The standard InChI is InChI=1S/C20H30N2O3/c1-3-15(2)25-19-14-18(4-9-21-19)20(23)22-10-5-16(6-11-22)17-7-12-24-13-8-17/h4,9,14-17H,3,5-8,10-13H2,1-2H3/t15-/m1/s1. The van der Waals surface area contributed by atoms with E-state index in [1.165, 1.54) is 12.8 Å². The molecule has 1 aromatic rings. The SMILES string of the molecule is CC[C@@H](C)Oc1cc(C(=O)N2CCC(C3CCOCC3)CC2)ccn1. The molecule has 0 bridgehead atoms. The number of aromatic nitrogens is 1. The zero-order chi connectivity index (χ0) is 17.6. The number of likely N-dealkylation sites (tertiary alicyclic amines) is 1. The van der Waals surface area contributed by atoms with Gasteiger partial charge in [0.1, 0.15) is 0 Å². The maximum atomic E-state index is 12.8. The highest BCUT2D eigenvalue weighted by atomic mass is 16.5. The molecular weight excluding hydrogens is 316 g/mol. The van der Waals surface area contributed by atoms with Gasteiger partial charge in [0.2, 0.25) is 5.88 Å². The second kappa shape index (κ2) is 8.65. The molecule has 138 valence electrons. The second-order valence-corrected chi connectivity index (χ2v) is 7.30. The molecule has 0 saturated carbocycles. The van der Waals surface area contributed by atoms with Crippen LogP contribution in [0.5, 0.6) is 5.88 Å². The molecule has 0 N–H and O–H groups in total. The summed E-state index contributed by atoms with van der Waals surface area (Å²) in [6.45, 7) is 7.59. The third-order valence-corrected chi connectivity index (χ3v) is 5.64. The summed E-state index contributed by atoms with van der Waals surface area (Å²) in [5.41, 5.74) is 0.679. The van der Waals surface area contributed by atoms with Gasteiger partial charge in [0, 0.05) is 44.1 Å². The van der Waals surface area contributed by atoms with Crippen molar-refractivity contribution in [2.45, 2.75) is 52.1 Å². The first-order valence-corrected chi connectivity index (χ1v) is 9.67. The van der Waals surface area contributed by atoms with Gasteiger partial charge in [-0.2, -0.15) is 0 Å². The number of ether oxygens (including phenoxy) is 2. The topological polar surface area (TPSA) is 51.7 Å². The Hall–Kier alpha value is -1.62. The van der Waals surface area contributed by atoms with Crippen LogP contribution < -0.4 is 4.74 Å². The highest BCUT2D eigenvalue weighted by Gasteiger charge is 2.30. The Balaban J connectivity index is 1.56. The Labute approximate surface area is 150 Å². The summed E-state index contributed by atoms with van der Waals surface area (Å²) in [5.74, 6) is 2.16. The van der Waals surface area contributed by atoms with Crippen LogP contribution in [0.15, 0.2) is 18.3 Å². The number of carbonyl (C=O) groups excluding carboxylic acids is 1. The molecule has 0 aromatic carbocycles. The first-order chi connectivity index (χ1) is 12.2. The zero-order valence-electron chi connectivity index (χ0n) is 15.4. The summed E-state index contributed by atoms with van der Waals surface area (Å²) in [4.78, 5) is 19.0. The molecule has 1 aromatic heterocycles. The van der Waals surface area contributed by atoms with Crippen LogP contribution >= 0.6 is 0 Å². The van der Waals surface area contributed by atoms with Crippen molar-refractivity contribution >= 4 is 5.91 Å². The maximum Gasteiger partial charge on any atom is 0.254 e. The van der Waals surface area contributed by atoms with E-state index in [2.05, 4.69) is 11.9 Å². The summed E-state index contributed by atoms with van der Waals surface area (Å²) >= 11 is 0. The fourth-order valence-electron chi connectivity index (χ4n) is 3.84. The van der Waals surface area contributed by atoms with Crippen molar-refractivity contribution in [3.63, 3.8) is 0 Å². The molecule has 2 fully saturated rings. The molecule has 5 heteroatoms. The molecule has 0 spiro atoms. The van der Waals surface area contributed by atoms with Crippen molar-refractivity contribution in [1.82, 2.24) is 9.88 Å². The van der Waals surface area contributed by atoms with Crippen LogP contribution in [0.2, 0.25) is 0 Å². The normalized spacial score (nSPS) is 21.1.